The number of nitrogens with one attached hydrogen (secondary N) is 1. The van der Waals surface area contributed by atoms with E-state index in [1.54, 1.807) is 9.03 Å². The Balaban J connectivity index is 0.00000184. The van der Waals surface area contributed by atoms with Gasteiger partial charge < -0.3 is 20.0 Å². The summed E-state index contributed by atoms with van der Waals surface area (Å²) >= 11 is 0. The lowest BCUT2D eigenvalue weighted by atomic mass is 10.1. The zero-order chi connectivity index (χ0) is 35.1. The van der Waals surface area contributed by atoms with Crippen LogP contribution < -0.4 is 21.1 Å². The Morgan fingerprint density at radius 3 is 1.82 bits per heavy atom. The monoisotopic (exact) mass is 682 g/mol. The minimum atomic E-state index is 0.0144. The third-order valence-electron chi connectivity index (χ3n) is 10.2. The standard InChI is InChI=1S/C37H36N10O2.C2H6/c1-43(31-15-14-28-35-33(31)37(49)25-9-3-5-11-30(25)47(35)42-40-28)17-7-19-45-22-20-44(21-23-45)18-6-16-38-26-12-13-27-34-32(26)36(48)24-8-2-4-10-29(24)46(34)41-39-27;1-2/h2-5,8-15,38H,6-7,16-23H2,1H3;1-2H3. The van der Waals surface area contributed by atoms with Crippen molar-refractivity contribution in [1.29, 1.82) is 0 Å². The van der Waals surface area contributed by atoms with Crippen LogP contribution in [0.15, 0.2) is 82.4 Å². The summed E-state index contributed by atoms with van der Waals surface area (Å²) in [4.78, 5) is 34.4. The molecule has 260 valence electrons. The normalized spacial score (nSPS) is 14.3. The predicted molar refractivity (Wildman–Crippen MR) is 206 cm³/mol. The molecule has 9 rings (SSSR count). The summed E-state index contributed by atoms with van der Waals surface area (Å²) in [5.74, 6) is 0. The Hall–Kier alpha value is -5.46. The third kappa shape index (κ3) is 5.64. The van der Waals surface area contributed by atoms with Crippen molar-refractivity contribution >= 4 is 66.0 Å². The molecule has 1 N–H and O–H groups in total. The molecule has 0 atom stereocenters. The summed E-state index contributed by atoms with van der Waals surface area (Å²) in [6.07, 6.45) is 1.99. The van der Waals surface area contributed by atoms with Crippen molar-refractivity contribution in [1.82, 2.24) is 39.5 Å². The van der Waals surface area contributed by atoms with Gasteiger partial charge in [-0.1, -0.05) is 48.5 Å². The molecule has 0 amide bonds. The van der Waals surface area contributed by atoms with E-state index in [4.69, 9.17) is 0 Å². The molecule has 0 aliphatic carbocycles. The zero-order valence-corrected chi connectivity index (χ0v) is 29.3. The molecule has 4 aromatic carbocycles. The fourth-order valence-electron chi connectivity index (χ4n) is 7.66. The molecule has 12 nitrogen and oxygen atoms in total. The Labute approximate surface area is 294 Å². The Morgan fingerprint density at radius 1 is 0.667 bits per heavy atom. The van der Waals surface area contributed by atoms with Gasteiger partial charge in [0.05, 0.1) is 27.5 Å². The number of piperazine rings is 1. The number of fused-ring (bicyclic) bond motifs is 4. The van der Waals surface area contributed by atoms with Gasteiger partial charge in [0, 0.05) is 62.8 Å². The summed E-state index contributed by atoms with van der Waals surface area (Å²) < 4.78 is 3.59. The summed E-state index contributed by atoms with van der Waals surface area (Å²) in [5.41, 5.74) is 6.41. The van der Waals surface area contributed by atoms with Crippen molar-refractivity contribution in [3.05, 3.63) is 93.2 Å². The van der Waals surface area contributed by atoms with E-state index in [1.165, 1.54) is 0 Å². The van der Waals surface area contributed by atoms with Crippen molar-refractivity contribution in [2.45, 2.75) is 26.7 Å². The highest BCUT2D eigenvalue weighted by Gasteiger charge is 2.21. The van der Waals surface area contributed by atoms with Crippen LogP contribution in [-0.2, 0) is 0 Å². The Bertz CT molecular complexity index is 2590. The van der Waals surface area contributed by atoms with E-state index in [1.807, 2.05) is 86.6 Å². The van der Waals surface area contributed by atoms with E-state index < -0.39 is 0 Å². The molecule has 0 unspecified atom stereocenters. The number of hydrogen-bond acceptors (Lipinski definition) is 10. The van der Waals surface area contributed by atoms with E-state index >= 15 is 0 Å². The van der Waals surface area contributed by atoms with Crippen molar-refractivity contribution in [2.24, 2.45) is 0 Å². The number of aromatic nitrogens is 6. The summed E-state index contributed by atoms with van der Waals surface area (Å²) in [6.45, 7) is 11.8. The number of rotatable bonds is 10. The molecule has 0 radical (unpaired) electrons. The SMILES string of the molecule is CC.CN(CCCN1CCN(CCCNc2ccc3nnn4c5ccccc5c(=O)c2c34)CC1)c1ccc2nnn3c4ccccc4c(=O)c1c23. The van der Waals surface area contributed by atoms with Crippen LogP contribution in [0.3, 0.4) is 0 Å². The van der Waals surface area contributed by atoms with Crippen LogP contribution in [0.1, 0.15) is 26.7 Å². The molecule has 4 aromatic heterocycles. The molecule has 0 spiro atoms. The second-order valence-electron chi connectivity index (χ2n) is 13.1. The van der Waals surface area contributed by atoms with Crippen LogP contribution in [0.4, 0.5) is 11.4 Å². The highest BCUT2D eigenvalue weighted by atomic mass is 16.1. The van der Waals surface area contributed by atoms with Gasteiger partial charge in [-0.2, -0.15) is 0 Å². The van der Waals surface area contributed by atoms with E-state index in [2.05, 4.69) is 47.7 Å². The largest absolute Gasteiger partial charge is 0.384 e. The fraction of sp³-hybridized carbons (Fsp3) is 0.333. The van der Waals surface area contributed by atoms with Crippen LogP contribution in [0.2, 0.25) is 0 Å². The molecule has 1 aliphatic heterocycles. The maximum absolute atomic E-state index is 13.6. The van der Waals surface area contributed by atoms with Gasteiger partial charge >= 0.3 is 0 Å². The molecule has 1 saturated heterocycles. The average Bonchev–Trinajstić information content (AvgIpc) is 3.82. The maximum Gasteiger partial charge on any atom is 0.199 e. The second-order valence-corrected chi connectivity index (χ2v) is 13.1. The number of anilines is 2. The predicted octanol–water partition coefficient (Wildman–Crippen LogP) is 4.95. The van der Waals surface area contributed by atoms with Crippen molar-refractivity contribution in [2.75, 3.05) is 69.6 Å². The van der Waals surface area contributed by atoms with Crippen molar-refractivity contribution in [3.63, 3.8) is 0 Å². The number of pyridine rings is 2. The fourth-order valence-corrected chi connectivity index (χ4v) is 7.66. The zero-order valence-electron chi connectivity index (χ0n) is 29.3. The maximum atomic E-state index is 13.6. The van der Waals surface area contributed by atoms with Gasteiger partial charge in [-0.25, -0.2) is 9.03 Å². The van der Waals surface area contributed by atoms with Crippen LogP contribution in [0.25, 0.3) is 54.6 Å². The molecule has 5 heterocycles. The lowest BCUT2D eigenvalue weighted by Crippen LogP contribution is -2.47. The van der Waals surface area contributed by atoms with Crippen LogP contribution in [-0.4, -0.2) is 98.9 Å². The van der Waals surface area contributed by atoms with Crippen LogP contribution in [0.5, 0.6) is 0 Å². The molecular weight excluding hydrogens is 640 g/mol. The van der Waals surface area contributed by atoms with E-state index in [0.29, 0.717) is 21.5 Å². The molecule has 1 aliphatic rings. The van der Waals surface area contributed by atoms with Crippen molar-refractivity contribution in [3.8, 4) is 0 Å². The van der Waals surface area contributed by atoms with E-state index in [-0.39, 0.29) is 10.9 Å². The number of benzene rings is 4. The molecule has 0 bridgehead atoms. The first-order valence-corrected chi connectivity index (χ1v) is 18.0. The molecule has 51 heavy (non-hydrogen) atoms. The second kappa shape index (κ2) is 13.7. The van der Waals surface area contributed by atoms with Gasteiger partial charge in [-0.3, -0.25) is 9.59 Å². The van der Waals surface area contributed by atoms with Gasteiger partial charge in [0.2, 0.25) is 0 Å². The van der Waals surface area contributed by atoms with E-state index in [9.17, 15) is 9.59 Å². The van der Waals surface area contributed by atoms with Gasteiger partial charge in [0.25, 0.3) is 0 Å². The number of hydrogen-bond donors (Lipinski definition) is 1. The van der Waals surface area contributed by atoms with Gasteiger partial charge in [-0.15, -0.1) is 10.2 Å². The molecule has 12 heteroatoms. The van der Waals surface area contributed by atoms with Gasteiger partial charge in [0.1, 0.15) is 22.1 Å². The summed E-state index contributed by atoms with van der Waals surface area (Å²) in [5, 5.41) is 23.5. The van der Waals surface area contributed by atoms with Crippen LogP contribution in [0, 0.1) is 0 Å². The number of para-hydroxylation sites is 2. The van der Waals surface area contributed by atoms with E-state index in [0.717, 1.165) is 110 Å². The Morgan fingerprint density at radius 2 is 1.20 bits per heavy atom. The Kier molecular flexibility index (Phi) is 8.78. The molecule has 8 aromatic rings. The smallest absolute Gasteiger partial charge is 0.199 e. The van der Waals surface area contributed by atoms with Crippen LogP contribution >= 0.6 is 0 Å². The first kappa shape index (κ1) is 32.7. The minimum Gasteiger partial charge on any atom is -0.384 e. The number of nitrogens with zero attached hydrogens (tertiary/aromatic N) is 9. The topological polar surface area (TPSA) is 116 Å². The first-order chi connectivity index (χ1) is 25.1. The molecule has 1 fully saturated rings. The highest BCUT2D eigenvalue weighted by Crippen LogP contribution is 2.30. The minimum absolute atomic E-state index is 0.0144. The molecular formula is C39H42N10O2. The quantitative estimate of drug-likeness (QED) is 0.157. The first-order valence-electron chi connectivity index (χ1n) is 18.0. The highest BCUT2D eigenvalue weighted by molar-refractivity contribution is 6.07. The lowest BCUT2D eigenvalue weighted by molar-refractivity contribution is 0.132. The van der Waals surface area contributed by atoms with Gasteiger partial charge in [-0.05, 0) is 74.5 Å². The summed E-state index contributed by atoms with van der Waals surface area (Å²) in [7, 11) is 2.07. The average molecular weight is 683 g/mol. The van der Waals surface area contributed by atoms with Gasteiger partial charge in [0.15, 0.2) is 10.9 Å². The lowest BCUT2D eigenvalue weighted by Gasteiger charge is -2.35. The summed E-state index contributed by atoms with van der Waals surface area (Å²) in [6, 6.07) is 23.0. The van der Waals surface area contributed by atoms with Crippen molar-refractivity contribution < 1.29 is 0 Å². The molecule has 0 saturated carbocycles. The third-order valence-corrected chi connectivity index (χ3v) is 10.2.